The van der Waals surface area contributed by atoms with Gasteiger partial charge in [0.1, 0.15) is 0 Å². The molecule has 0 atom stereocenters. The standard InChI is InChI=1S/C11H17IN2OS/c1-8(2)14(3)5-4-13-11(15)9-6-10(12)16-7-9/h6-8H,4-5H2,1-3H3,(H,13,15). The zero-order valence-corrected chi connectivity index (χ0v) is 12.8. The summed E-state index contributed by atoms with van der Waals surface area (Å²) in [6, 6.07) is 2.42. The first-order valence-corrected chi connectivity index (χ1v) is 7.19. The molecule has 1 N–H and O–H groups in total. The number of carbonyl (C=O) groups is 1. The number of hydrogen-bond donors (Lipinski definition) is 1. The summed E-state index contributed by atoms with van der Waals surface area (Å²) < 4.78 is 1.14. The van der Waals surface area contributed by atoms with E-state index < -0.39 is 0 Å². The average molecular weight is 352 g/mol. The highest BCUT2D eigenvalue weighted by molar-refractivity contribution is 14.1. The van der Waals surface area contributed by atoms with E-state index in [0.29, 0.717) is 12.6 Å². The number of hydrogen-bond acceptors (Lipinski definition) is 3. The van der Waals surface area contributed by atoms with E-state index in [9.17, 15) is 4.79 Å². The van der Waals surface area contributed by atoms with Gasteiger partial charge in [-0.15, -0.1) is 11.3 Å². The molecular formula is C11H17IN2OS. The summed E-state index contributed by atoms with van der Waals surface area (Å²) in [4.78, 5) is 13.9. The second-order valence-corrected chi connectivity index (χ2v) is 6.78. The van der Waals surface area contributed by atoms with Crippen molar-refractivity contribution >= 4 is 39.8 Å². The van der Waals surface area contributed by atoms with Crippen LogP contribution in [0.4, 0.5) is 0 Å². The first kappa shape index (κ1) is 13.9. The second kappa shape index (κ2) is 6.56. The summed E-state index contributed by atoms with van der Waals surface area (Å²) in [7, 11) is 2.06. The van der Waals surface area contributed by atoms with E-state index in [-0.39, 0.29) is 5.91 Å². The molecule has 0 spiro atoms. The van der Waals surface area contributed by atoms with Gasteiger partial charge in [0.2, 0.25) is 0 Å². The van der Waals surface area contributed by atoms with E-state index in [2.05, 4.69) is 53.7 Å². The predicted octanol–water partition coefficient (Wildman–Crippen LogP) is 2.42. The molecule has 0 aliphatic carbocycles. The second-order valence-electron chi connectivity index (χ2n) is 3.97. The summed E-state index contributed by atoms with van der Waals surface area (Å²) in [5.74, 6) is 0.0244. The van der Waals surface area contributed by atoms with E-state index in [4.69, 9.17) is 0 Å². The van der Waals surface area contributed by atoms with Gasteiger partial charge in [-0.2, -0.15) is 0 Å². The quantitative estimate of drug-likeness (QED) is 0.826. The SMILES string of the molecule is CC(C)N(C)CCNC(=O)c1csc(I)c1. The lowest BCUT2D eigenvalue weighted by Crippen LogP contribution is -2.36. The minimum Gasteiger partial charge on any atom is -0.351 e. The molecule has 0 radical (unpaired) electrons. The largest absolute Gasteiger partial charge is 0.351 e. The van der Waals surface area contributed by atoms with Crippen LogP contribution in [0.3, 0.4) is 0 Å². The first-order chi connectivity index (χ1) is 7.50. The van der Waals surface area contributed by atoms with Crippen molar-refractivity contribution in [2.75, 3.05) is 20.1 Å². The third-order valence-corrected chi connectivity index (χ3v) is 4.25. The zero-order valence-electron chi connectivity index (χ0n) is 9.79. The molecule has 1 heterocycles. The lowest BCUT2D eigenvalue weighted by atomic mass is 10.3. The van der Waals surface area contributed by atoms with Gasteiger partial charge in [-0.05, 0) is 49.6 Å². The van der Waals surface area contributed by atoms with Gasteiger partial charge in [0, 0.05) is 24.5 Å². The molecule has 0 bridgehead atoms. The van der Waals surface area contributed by atoms with Gasteiger partial charge in [0.15, 0.2) is 0 Å². The monoisotopic (exact) mass is 352 g/mol. The minimum atomic E-state index is 0.0244. The van der Waals surface area contributed by atoms with Crippen molar-refractivity contribution in [3.05, 3.63) is 19.9 Å². The van der Waals surface area contributed by atoms with Crippen LogP contribution in [-0.2, 0) is 0 Å². The Morgan fingerprint density at radius 1 is 1.62 bits per heavy atom. The van der Waals surface area contributed by atoms with Crippen LogP contribution in [0.1, 0.15) is 24.2 Å². The van der Waals surface area contributed by atoms with Gasteiger partial charge in [-0.25, -0.2) is 0 Å². The molecule has 16 heavy (non-hydrogen) atoms. The van der Waals surface area contributed by atoms with Crippen LogP contribution in [0.2, 0.25) is 0 Å². The first-order valence-electron chi connectivity index (χ1n) is 5.23. The van der Waals surface area contributed by atoms with Crippen molar-refractivity contribution < 1.29 is 4.79 Å². The molecule has 0 aliphatic heterocycles. The van der Waals surface area contributed by atoms with Gasteiger partial charge in [0.25, 0.3) is 5.91 Å². The normalized spacial score (nSPS) is 11.1. The van der Waals surface area contributed by atoms with Crippen LogP contribution in [0.15, 0.2) is 11.4 Å². The van der Waals surface area contributed by atoms with Gasteiger partial charge < -0.3 is 10.2 Å². The highest BCUT2D eigenvalue weighted by Gasteiger charge is 2.08. The molecule has 1 aromatic heterocycles. The molecule has 0 unspecified atom stereocenters. The van der Waals surface area contributed by atoms with Crippen LogP contribution < -0.4 is 5.32 Å². The predicted molar refractivity (Wildman–Crippen MR) is 77.1 cm³/mol. The van der Waals surface area contributed by atoms with Gasteiger partial charge in [0.05, 0.1) is 8.45 Å². The fraction of sp³-hybridized carbons (Fsp3) is 0.545. The molecule has 5 heteroatoms. The van der Waals surface area contributed by atoms with E-state index >= 15 is 0 Å². The number of carbonyl (C=O) groups excluding carboxylic acids is 1. The molecule has 0 aliphatic rings. The zero-order chi connectivity index (χ0) is 12.1. The number of thiophene rings is 1. The Morgan fingerprint density at radius 2 is 2.31 bits per heavy atom. The molecule has 0 aromatic carbocycles. The van der Waals surface area contributed by atoms with E-state index in [1.54, 1.807) is 11.3 Å². The Balaban J connectivity index is 2.31. The molecular weight excluding hydrogens is 335 g/mol. The van der Waals surface area contributed by atoms with Crippen LogP contribution in [0.5, 0.6) is 0 Å². The Bertz CT molecular complexity index is 352. The minimum absolute atomic E-state index is 0.0244. The van der Waals surface area contributed by atoms with Gasteiger partial charge in [-0.1, -0.05) is 0 Å². The number of nitrogens with one attached hydrogen (secondary N) is 1. The van der Waals surface area contributed by atoms with Crippen molar-refractivity contribution in [2.45, 2.75) is 19.9 Å². The van der Waals surface area contributed by atoms with Crippen LogP contribution >= 0.6 is 33.9 Å². The maximum absolute atomic E-state index is 11.7. The third kappa shape index (κ3) is 4.39. The smallest absolute Gasteiger partial charge is 0.252 e. The summed E-state index contributed by atoms with van der Waals surface area (Å²) in [6.07, 6.45) is 0. The topological polar surface area (TPSA) is 32.3 Å². The molecule has 3 nitrogen and oxygen atoms in total. The van der Waals surface area contributed by atoms with Crippen molar-refractivity contribution in [1.82, 2.24) is 10.2 Å². The van der Waals surface area contributed by atoms with Crippen molar-refractivity contribution in [2.24, 2.45) is 0 Å². The van der Waals surface area contributed by atoms with E-state index in [1.165, 1.54) is 0 Å². The fourth-order valence-electron chi connectivity index (χ4n) is 1.14. The molecule has 0 saturated heterocycles. The Kier molecular flexibility index (Phi) is 5.71. The Morgan fingerprint density at radius 3 is 2.81 bits per heavy atom. The summed E-state index contributed by atoms with van der Waals surface area (Å²) in [5.41, 5.74) is 0.765. The molecule has 90 valence electrons. The third-order valence-electron chi connectivity index (χ3n) is 2.46. The number of amides is 1. The highest BCUT2D eigenvalue weighted by Crippen LogP contribution is 2.16. The number of halogens is 1. The van der Waals surface area contributed by atoms with Crippen molar-refractivity contribution in [3.63, 3.8) is 0 Å². The van der Waals surface area contributed by atoms with Gasteiger partial charge >= 0.3 is 0 Å². The Hall–Kier alpha value is -0.140. The molecule has 1 rings (SSSR count). The van der Waals surface area contributed by atoms with Crippen molar-refractivity contribution in [3.8, 4) is 0 Å². The van der Waals surface area contributed by atoms with Gasteiger partial charge in [-0.3, -0.25) is 4.79 Å². The summed E-state index contributed by atoms with van der Waals surface area (Å²) >= 11 is 3.81. The number of rotatable bonds is 5. The molecule has 0 fully saturated rings. The van der Waals surface area contributed by atoms with Crippen LogP contribution in [0, 0.1) is 2.88 Å². The maximum Gasteiger partial charge on any atom is 0.252 e. The summed E-state index contributed by atoms with van der Waals surface area (Å²) in [6.45, 7) is 5.86. The van der Waals surface area contributed by atoms with E-state index in [1.807, 2.05) is 11.4 Å². The lowest BCUT2D eigenvalue weighted by molar-refractivity contribution is 0.0948. The number of nitrogens with zero attached hydrogens (tertiary/aromatic N) is 1. The lowest BCUT2D eigenvalue weighted by Gasteiger charge is -2.20. The average Bonchev–Trinajstić information content (AvgIpc) is 2.64. The number of likely N-dealkylation sites (N-methyl/N-ethyl adjacent to an activating group) is 1. The van der Waals surface area contributed by atoms with E-state index in [0.717, 1.165) is 15.0 Å². The highest BCUT2D eigenvalue weighted by atomic mass is 127. The molecule has 1 amide bonds. The fourth-order valence-corrected chi connectivity index (χ4v) is 2.46. The van der Waals surface area contributed by atoms with Crippen LogP contribution in [0.25, 0.3) is 0 Å². The summed E-state index contributed by atoms with van der Waals surface area (Å²) in [5, 5.41) is 4.81. The molecule has 0 saturated carbocycles. The van der Waals surface area contributed by atoms with Crippen LogP contribution in [-0.4, -0.2) is 37.0 Å². The van der Waals surface area contributed by atoms with Crippen molar-refractivity contribution in [1.29, 1.82) is 0 Å². The maximum atomic E-state index is 11.7. The molecule has 1 aromatic rings. The Labute approximate surface area is 114 Å².